The molecule has 3 aliphatic heterocycles. The predicted molar refractivity (Wildman–Crippen MR) is 212 cm³/mol. The fourth-order valence-corrected chi connectivity index (χ4v) is 7.70. The molecule has 10 nitrogen and oxygen atoms in total. The minimum absolute atomic E-state index is 0.224. The number of nitriles is 1. The van der Waals surface area contributed by atoms with Gasteiger partial charge in [-0.05, 0) is 62.7 Å². The number of hydrogen-bond donors (Lipinski definition) is 1. The van der Waals surface area contributed by atoms with Crippen LogP contribution in [0.3, 0.4) is 0 Å². The van der Waals surface area contributed by atoms with Crippen LogP contribution in [0.1, 0.15) is 44.2 Å². The summed E-state index contributed by atoms with van der Waals surface area (Å²) in [5.41, 5.74) is 5.37. The van der Waals surface area contributed by atoms with Crippen molar-refractivity contribution in [1.29, 1.82) is 5.26 Å². The Labute approximate surface area is 316 Å². The number of rotatable bonds is 17. The SMILES string of the molecule is C=CCN1CN(CC)CN(CC)CN(CC(=C)N2CCN(CCCCc3ccc4nccc(C(=C)NCC(=C)N5CC(F)(F)CC5C#N)c4c3)CC2)C1. The zero-order valence-electron chi connectivity index (χ0n) is 32.1. The average Bonchev–Trinajstić information content (AvgIpc) is 3.48. The molecular formula is C41H60F2N10. The van der Waals surface area contributed by atoms with Gasteiger partial charge in [0.1, 0.15) is 6.04 Å². The second-order valence-electron chi connectivity index (χ2n) is 14.8. The normalized spacial score (nSPS) is 20.9. The van der Waals surface area contributed by atoms with E-state index in [0.29, 0.717) is 11.4 Å². The van der Waals surface area contributed by atoms with E-state index < -0.39 is 24.9 Å². The molecule has 3 fully saturated rings. The van der Waals surface area contributed by atoms with Crippen LogP contribution >= 0.6 is 0 Å². The largest absolute Gasteiger partial charge is 0.379 e. The van der Waals surface area contributed by atoms with Crippen LogP contribution in [0.15, 0.2) is 74.2 Å². The third kappa shape index (κ3) is 11.1. The van der Waals surface area contributed by atoms with Gasteiger partial charge in [0.25, 0.3) is 5.92 Å². The first kappa shape index (κ1) is 40.3. The van der Waals surface area contributed by atoms with Crippen molar-refractivity contribution in [3.63, 3.8) is 0 Å². The Hall–Kier alpha value is -3.86. The highest BCUT2D eigenvalue weighted by Gasteiger charge is 2.45. The van der Waals surface area contributed by atoms with Gasteiger partial charge in [-0.1, -0.05) is 45.7 Å². The van der Waals surface area contributed by atoms with Gasteiger partial charge in [0.05, 0.1) is 51.4 Å². The van der Waals surface area contributed by atoms with E-state index in [1.165, 1.54) is 16.2 Å². The van der Waals surface area contributed by atoms with Crippen molar-refractivity contribution in [3.05, 3.63) is 85.4 Å². The molecule has 3 aliphatic rings. The lowest BCUT2D eigenvalue weighted by Gasteiger charge is -2.43. The lowest BCUT2D eigenvalue weighted by Crippen LogP contribution is -2.55. The number of fused-ring (bicyclic) bond motifs is 1. The molecule has 3 saturated heterocycles. The molecule has 1 atom stereocenters. The summed E-state index contributed by atoms with van der Waals surface area (Å²) in [6, 6.07) is 9.43. The van der Waals surface area contributed by atoms with Gasteiger partial charge in [0.2, 0.25) is 0 Å². The molecule has 53 heavy (non-hydrogen) atoms. The monoisotopic (exact) mass is 730 g/mol. The Kier molecular flexibility index (Phi) is 14.4. The molecule has 2 aromatic rings. The number of nitrogens with zero attached hydrogens (tertiary/aromatic N) is 9. The molecule has 0 saturated carbocycles. The minimum atomic E-state index is -2.89. The van der Waals surface area contributed by atoms with Gasteiger partial charge in [-0.25, -0.2) is 8.78 Å². The third-order valence-corrected chi connectivity index (χ3v) is 10.8. The number of benzene rings is 1. The quantitative estimate of drug-likeness (QED) is 0.172. The molecule has 5 rings (SSSR count). The van der Waals surface area contributed by atoms with Gasteiger partial charge in [0.15, 0.2) is 0 Å². The number of unbranched alkanes of at least 4 members (excludes halogenated alkanes) is 1. The zero-order chi connectivity index (χ0) is 38.0. The highest BCUT2D eigenvalue weighted by Crippen LogP contribution is 2.34. The summed E-state index contributed by atoms with van der Waals surface area (Å²) in [5, 5.41) is 13.6. The number of aryl methyl sites for hydroxylation is 1. The van der Waals surface area contributed by atoms with Crippen molar-refractivity contribution >= 4 is 16.6 Å². The van der Waals surface area contributed by atoms with Gasteiger partial charge in [-0.15, -0.1) is 6.58 Å². The van der Waals surface area contributed by atoms with Crippen molar-refractivity contribution in [3.8, 4) is 6.07 Å². The predicted octanol–water partition coefficient (Wildman–Crippen LogP) is 5.27. The first-order valence-electron chi connectivity index (χ1n) is 19.2. The third-order valence-electron chi connectivity index (χ3n) is 10.8. The van der Waals surface area contributed by atoms with E-state index in [-0.39, 0.29) is 6.54 Å². The first-order valence-corrected chi connectivity index (χ1v) is 19.2. The van der Waals surface area contributed by atoms with E-state index >= 15 is 0 Å². The van der Waals surface area contributed by atoms with Crippen LogP contribution in [0.5, 0.6) is 0 Å². The summed E-state index contributed by atoms with van der Waals surface area (Å²) in [6.07, 6.45) is 6.48. The fraction of sp³-hybridized carbons (Fsp3) is 0.561. The molecule has 0 bridgehead atoms. The molecule has 12 heteroatoms. The van der Waals surface area contributed by atoms with E-state index in [2.05, 4.69) is 98.1 Å². The molecule has 0 amide bonds. The highest BCUT2D eigenvalue weighted by atomic mass is 19.3. The van der Waals surface area contributed by atoms with Gasteiger partial charge in [-0.2, -0.15) is 5.26 Å². The molecule has 0 radical (unpaired) electrons. The van der Waals surface area contributed by atoms with Crippen molar-refractivity contribution in [1.82, 2.24) is 44.6 Å². The Morgan fingerprint density at radius 2 is 1.64 bits per heavy atom. The van der Waals surface area contributed by atoms with Crippen LogP contribution in [0.25, 0.3) is 16.6 Å². The number of hydrogen-bond acceptors (Lipinski definition) is 10. The number of alkyl halides is 2. The second kappa shape index (κ2) is 18.9. The summed E-state index contributed by atoms with van der Waals surface area (Å²) in [7, 11) is 0. The maximum absolute atomic E-state index is 14.0. The van der Waals surface area contributed by atoms with Crippen molar-refractivity contribution in [2.45, 2.75) is 51.5 Å². The van der Waals surface area contributed by atoms with E-state index in [0.717, 1.165) is 121 Å². The summed E-state index contributed by atoms with van der Waals surface area (Å²) in [4.78, 5) is 21.0. The molecular weight excluding hydrogens is 671 g/mol. The lowest BCUT2D eigenvalue weighted by atomic mass is 10.0. The van der Waals surface area contributed by atoms with Crippen LogP contribution in [-0.2, 0) is 6.42 Å². The molecule has 1 unspecified atom stereocenters. The Balaban J connectivity index is 1.06. The standard InChI is InChI=1S/C41H60F2N10/c1-7-17-50-30-47(8-2)29-48(9-3)31-51(32-50)27-34(5)52-21-19-49(20-22-52)18-11-10-12-36-13-14-40-39(23-36)38(15-16-45-40)35(6)46-26-33(4)53-28-41(42,43)24-37(53)25-44/h7,13-16,23,37,46H,1,4-6,8-12,17-22,24,26-32H2,2-3H3. The molecule has 288 valence electrons. The van der Waals surface area contributed by atoms with E-state index in [1.807, 2.05) is 18.2 Å². The number of nitrogens with one attached hydrogen (secondary N) is 1. The van der Waals surface area contributed by atoms with Crippen LogP contribution in [0.2, 0.25) is 0 Å². The summed E-state index contributed by atoms with van der Waals surface area (Å²) in [5.74, 6) is -2.89. The molecule has 0 aliphatic carbocycles. The number of aromatic nitrogens is 1. The van der Waals surface area contributed by atoms with E-state index in [9.17, 15) is 14.0 Å². The number of piperazine rings is 1. The molecule has 4 heterocycles. The average molecular weight is 731 g/mol. The maximum Gasteiger partial charge on any atom is 0.268 e. The van der Waals surface area contributed by atoms with Crippen LogP contribution < -0.4 is 5.32 Å². The van der Waals surface area contributed by atoms with Crippen molar-refractivity contribution in [2.75, 3.05) is 98.7 Å². The van der Waals surface area contributed by atoms with Gasteiger partial charge in [0, 0.05) is 79.9 Å². The summed E-state index contributed by atoms with van der Waals surface area (Å²) in [6.45, 7) is 33.8. The van der Waals surface area contributed by atoms with E-state index in [4.69, 9.17) is 0 Å². The fourth-order valence-electron chi connectivity index (χ4n) is 7.70. The molecule has 1 N–H and O–H groups in total. The second-order valence-corrected chi connectivity index (χ2v) is 14.8. The Bertz CT molecular complexity index is 1610. The molecule has 1 aromatic heterocycles. The zero-order valence-corrected chi connectivity index (χ0v) is 32.1. The lowest BCUT2D eigenvalue weighted by molar-refractivity contribution is -0.0200. The number of likely N-dealkylation sites (tertiary alicyclic amines) is 1. The highest BCUT2D eigenvalue weighted by molar-refractivity contribution is 5.91. The van der Waals surface area contributed by atoms with Crippen LogP contribution in [0, 0.1) is 11.3 Å². The van der Waals surface area contributed by atoms with Crippen molar-refractivity contribution < 1.29 is 8.78 Å². The van der Waals surface area contributed by atoms with Crippen LogP contribution in [-0.4, -0.2) is 150 Å². The van der Waals surface area contributed by atoms with Gasteiger partial charge < -0.3 is 15.1 Å². The Morgan fingerprint density at radius 1 is 0.943 bits per heavy atom. The summed E-state index contributed by atoms with van der Waals surface area (Å²) >= 11 is 0. The topological polar surface area (TPSA) is 71.4 Å². The molecule has 1 aromatic carbocycles. The number of halogens is 2. The van der Waals surface area contributed by atoms with Crippen molar-refractivity contribution in [2.24, 2.45) is 0 Å². The Morgan fingerprint density at radius 3 is 2.34 bits per heavy atom. The minimum Gasteiger partial charge on any atom is -0.379 e. The van der Waals surface area contributed by atoms with E-state index in [1.54, 1.807) is 6.20 Å². The summed E-state index contributed by atoms with van der Waals surface area (Å²) < 4.78 is 27.9. The van der Waals surface area contributed by atoms with Gasteiger partial charge >= 0.3 is 0 Å². The van der Waals surface area contributed by atoms with Gasteiger partial charge in [-0.3, -0.25) is 29.5 Å². The molecule has 0 spiro atoms. The maximum atomic E-state index is 14.0. The van der Waals surface area contributed by atoms with Crippen LogP contribution in [0.4, 0.5) is 8.78 Å². The first-order chi connectivity index (χ1) is 25.5. The smallest absolute Gasteiger partial charge is 0.268 e. The number of pyridine rings is 1.